The summed E-state index contributed by atoms with van der Waals surface area (Å²) in [6, 6.07) is 19.3. The van der Waals surface area contributed by atoms with Gasteiger partial charge >= 0.3 is 0 Å². The molecule has 0 bridgehead atoms. The molecule has 1 aliphatic rings. The third-order valence-corrected chi connectivity index (χ3v) is 5.82. The molecule has 0 spiro atoms. The number of hydrogen-bond acceptors (Lipinski definition) is 5. The SMILES string of the molecule is CN(Cc1cn(-c2ccccc2)nc1-c1cccs1)C(=O)c1ccc2c(c1)OCO2. The first-order valence-corrected chi connectivity index (χ1v) is 10.4. The molecule has 0 fully saturated rings. The monoisotopic (exact) mass is 417 g/mol. The Morgan fingerprint density at radius 2 is 1.93 bits per heavy atom. The Hall–Kier alpha value is -3.58. The molecule has 6 nitrogen and oxygen atoms in total. The van der Waals surface area contributed by atoms with Gasteiger partial charge in [-0.2, -0.15) is 5.10 Å². The van der Waals surface area contributed by atoms with Crippen LogP contribution in [-0.2, 0) is 6.54 Å². The van der Waals surface area contributed by atoms with Crippen LogP contribution in [0.2, 0.25) is 0 Å². The summed E-state index contributed by atoms with van der Waals surface area (Å²) in [6.45, 7) is 0.624. The summed E-state index contributed by atoms with van der Waals surface area (Å²) in [7, 11) is 1.80. The molecule has 2 aromatic heterocycles. The number of carbonyl (C=O) groups excluding carboxylic acids is 1. The van der Waals surface area contributed by atoms with Crippen molar-refractivity contribution in [3.8, 4) is 27.8 Å². The van der Waals surface area contributed by atoms with Gasteiger partial charge in [0.15, 0.2) is 11.5 Å². The van der Waals surface area contributed by atoms with Crippen molar-refractivity contribution in [2.75, 3.05) is 13.8 Å². The third kappa shape index (κ3) is 3.44. The molecule has 1 amide bonds. The van der Waals surface area contributed by atoms with Crippen LogP contribution >= 0.6 is 11.3 Å². The van der Waals surface area contributed by atoms with Gasteiger partial charge in [0.2, 0.25) is 6.79 Å². The normalized spacial score (nSPS) is 12.2. The maximum atomic E-state index is 13.0. The number of aromatic nitrogens is 2. The highest BCUT2D eigenvalue weighted by atomic mass is 32.1. The molecule has 1 aliphatic heterocycles. The second kappa shape index (κ2) is 7.68. The minimum Gasteiger partial charge on any atom is -0.454 e. The molecule has 2 aromatic carbocycles. The van der Waals surface area contributed by atoms with Crippen molar-refractivity contribution in [2.24, 2.45) is 0 Å². The van der Waals surface area contributed by atoms with Crippen LogP contribution in [-0.4, -0.2) is 34.4 Å². The summed E-state index contributed by atoms with van der Waals surface area (Å²) < 4.78 is 12.6. The largest absolute Gasteiger partial charge is 0.454 e. The van der Waals surface area contributed by atoms with Crippen LogP contribution < -0.4 is 9.47 Å². The highest BCUT2D eigenvalue weighted by Crippen LogP contribution is 2.33. The molecule has 3 heterocycles. The summed E-state index contributed by atoms with van der Waals surface area (Å²) in [4.78, 5) is 15.8. The molecule has 0 saturated carbocycles. The average molecular weight is 417 g/mol. The number of rotatable bonds is 5. The molecule has 0 saturated heterocycles. The van der Waals surface area contributed by atoms with Gasteiger partial charge in [-0.05, 0) is 41.8 Å². The number of carbonyl (C=O) groups is 1. The Morgan fingerprint density at radius 1 is 1.10 bits per heavy atom. The van der Waals surface area contributed by atoms with Gasteiger partial charge in [0, 0.05) is 30.9 Å². The standard InChI is InChI=1S/C23H19N3O3S/c1-25(23(27)16-9-10-19-20(12-16)29-15-28-19)13-17-14-26(18-6-3-2-4-7-18)24-22(17)21-8-5-11-30-21/h2-12,14H,13,15H2,1H3. The van der Waals surface area contributed by atoms with Crippen molar-refractivity contribution >= 4 is 17.2 Å². The number of nitrogens with zero attached hydrogens (tertiary/aromatic N) is 3. The fourth-order valence-electron chi connectivity index (χ4n) is 3.44. The van der Waals surface area contributed by atoms with E-state index in [9.17, 15) is 4.79 Å². The van der Waals surface area contributed by atoms with E-state index in [1.807, 2.05) is 58.7 Å². The number of para-hydroxylation sites is 1. The average Bonchev–Trinajstić information content (AvgIpc) is 3.53. The Balaban J connectivity index is 1.44. The highest BCUT2D eigenvalue weighted by molar-refractivity contribution is 7.13. The van der Waals surface area contributed by atoms with Crippen molar-refractivity contribution in [3.05, 3.63) is 83.4 Å². The zero-order valence-corrected chi connectivity index (χ0v) is 17.1. The Morgan fingerprint density at radius 3 is 2.73 bits per heavy atom. The molecule has 0 aliphatic carbocycles. The van der Waals surface area contributed by atoms with E-state index in [-0.39, 0.29) is 12.7 Å². The van der Waals surface area contributed by atoms with E-state index in [0.717, 1.165) is 21.8 Å². The number of hydrogen-bond donors (Lipinski definition) is 0. The maximum Gasteiger partial charge on any atom is 0.254 e. The van der Waals surface area contributed by atoms with Gasteiger partial charge in [0.25, 0.3) is 5.91 Å². The first-order chi connectivity index (χ1) is 14.7. The van der Waals surface area contributed by atoms with E-state index in [0.29, 0.717) is 23.6 Å². The van der Waals surface area contributed by atoms with Crippen LogP contribution in [0.3, 0.4) is 0 Å². The van der Waals surface area contributed by atoms with E-state index in [2.05, 4.69) is 0 Å². The van der Waals surface area contributed by atoms with Crippen molar-refractivity contribution in [3.63, 3.8) is 0 Å². The van der Waals surface area contributed by atoms with Crippen molar-refractivity contribution in [2.45, 2.75) is 6.54 Å². The lowest BCUT2D eigenvalue weighted by atomic mass is 10.1. The molecule has 0 N–H and O–H groups in total. The predicted octanol–water partition coefficient (Wildman–Crippen LogP) is 4.60. The van der Waals surface area contributed by atoms with Gasteiger partial charge in [-0.25, -0.2) is 4.68 Å². The molecule has 0 radical (unpaired) electrons. The lowest BCUT2D eigenvalue weighted by molar-refractivity contribution is 0.0785. The molecule has 5 rings (SSSR count). The van der Waals surface area contributed by atoms with Crippen LogP contribution in [0.25, 0.3) is 16.3 Å². The summed E-state index contributed by atoms with van der Waals surface area (Å²) in [5, 5.41) is 6.84. The van der Waals surface area contributed by atoms with Gasteiger partial charge in [-0.3, -0.25) is 4.79 Å². The van der Waals surface area contributed by atoms with E-state index in [4.69, 9.17) is 14.6 Å². The zero-order chi connectivity index (χ0) is 20.5. The van der Waals surface area contributed by atoms with E-state index < -0.39 is 0 Å². The van der Waals surface area contributed by atoms with Crippen LogP contribution in [0.5, 0.6) is 11.5 Å². The molecular weight excluding hydrogens is 398 g/mol. The van der Waals surface area contributed by atoms with Gasteiger partial charge in [0.1, 0.15) is 5.69 Å². The second-order valence-electron chi connectivity index (χ2n) is 6.99. The number of fused-ring (bicyclic) bond motifs is 1. The van der Waals surface area contributed by atoms with E-state index in [1.54, 1.807) is 41.5 Å². The van der Waals surface area contributed by atoms with E-state index >= 15 is 0 Å². The smallest absolute Gasteiger partial charge is 0.254 e. The molecule has 0 unspecified atom stereocenters. The Kier molecular flexibility index (Phi) is 4.72. The van der Waals surface area contributed by atoms with Crippen molar-refractivity contribution in [1.29, 1.82) is 0 Å². The Bertz CT molecular complexity index is 1190. The molecule has 4 aromatic rings. The quantitative estimate of drug-likeness (QED) is 0.476. The molecule has 150 valence electrons. The number of amides is 1. The Labute approximate surface area is 177 Å². The fraction of sp³-hybridized carbons (Fsp3) is 0.130. The highest BCUT2D eigenvalue weighted by Gasteiger charge is 2.21. The fourth-order valence-corrected chi connectivity index (χ4v) is 4.18. The molecule has 0 atom stereocenters. The predicted molar refractivity (Wildman–Crippen MR) is 115 cm³/mol. The third-order valence-electron chi connectivity index (χ3n) is 4.94. The van der Waals surface area contributed by atoms with Gasteiger partial charge in [-0.1, -0.05) is 24.3 Å². The number of thiophene rings is 1. The summed E-state index contributed by atoms with van der Waals surface area (Å²) in [5.74, 6) is 1.18. The van der Waals surface area contributed by atoms with Gasteiger partial charge < -0.3 is 14.4 Å². The number of benzene rings is 2. The second-order valence-corrected chi connectivity index (χ2v) is 7.94. The summed E-state index contributed by atoms with van der Waals surface area (Å²) in [6.07, 6.45) is 1.99. The van der Waals surface area contributed by atoms with Crippen molar-refractivity contribution < 1.29 is 14.3 Å². The number of ether oxygens (including phenoxy) is 2. The van der Waals surface area contributed by atoms with Crippen LogP contribution in [0.15, 0.2) is 72.2 Å². The molecular formula is C23H19N3O3S. The lowest BCUT2D eigenvalue weighted by Gasteiger charge is -2.17. The van der Waals surface area contributed by atoms with Crippen LogP contribution in [0.1, 0.15) is 15.9 Å². The van der Waals surface area contributed by atoms with E-state index in [1.165, 1.54) is 0 Å². The minimum absolute atomic E-state index is 0.0853. The lowest BCUT2D eigenvalue weighted by Crippen LogP contribution is -2.26. The summed E-state index contributed by atoms with van der Waals surface area (Å²) in [5.41, 5.74) is 3.42. The van der Waals surface area contributed by atoms with Gasteiger partial charge in [0.05, 0.1) is 10.6 Å². The first kappa shape index (κ1) is 18.4. The first-order valence-electron chi connectivity index (χ1n) is 9.52. The molecule has 30 heavy (non-hydrogen) atoms. The van der Waals surface area contributed by atoms with Crippen molar-refractivity contribution in [1.82, 2.24) is 14.7 Å². The zero-order valence-electron chi connectivity index (χ0n) is 16.3. The topological polar surface area (TPSA) is 56.6 Å². The minimum atomic E-state index is -0.0853. The van der Waals surface area contributed by atoms with Crippen LogP contribution in [0.4, 0.5) is 0 Å². The molecule has 7 heteroatoms. The maximum absolute atomic E-state index is 13.0. The summed E-state index contributed by atoms with van der Waals surface area (Å²) >= 11 is 1.63. The van der Waals surface area contributed by atoms with Gasteiger partial charge in [-0.15, -0.1) is 11.3 Å². The van der Waals surface area contributed by atoms with Crippen LogP contribution in [0, 0.1) is 0 Å².